The molecular weight excluding hydrogens is 136 g/mol. The summed E-state index contributed by atoms with van der Waals surface area (Å²) in [6, 6.07) is 0.730. The molecule has 0 radical (unpaired) electrons. The lowest BCUT2D eigenvalue weighted by Gasteiger charge is -2.29. The molecule has 0 N–H and O–H groups in total. The van der Waals surface area contributed by atoms with Crippen LogP contribution in [-0.4, -0.2) is 30.2 Å². The van der Waals surface area contributed by atoms with Crippen LogP contribution in [0.1, 0.15) is 25.7 Å². The summed E-state index contributed by atoms with van der Waals surface area (Å²) in [5, 5.41) is 4.56. The van der Waals surface area contributed by atoms with Gasteiger partial charge in [-0.3, -0.25) is 0 Å². The number of hydrazine groups is 1. The van der Waals surface area contributed by atoms with Gasteiger partial charge in [0.05, 0.1) is 6.04 Å². The van der Waals surface area contributed by atoms with Gasteiger partial charge in [0.15, 0.2) is 0 Å². The van der Waals surface area contributed by atoms with Gasteiger partial charge in [-0.25, -0.2) is 5.01 Å². The molecule has 0 unspecified atom stereocenters. The lowest BCUT2D eigenvalue weighted by molar-refractivity contribution is 0.0638. The lowest BCUT2D eigenvalue weighted by atomic mass is 9.91. The molecule has 62 valence electrons. The Balaban J connectivity index is 2.16. The van der Waals surface area contributed by atoms with Crippen LogP contribution in [0.25, 0.3) is 0 Å². The SMILES string of the molecule is CN1C=C2CCCC[C@@H]2N1C. The summed E-state index contributed by atoms with van der Waals surface area (Å²) in [6.07, 6.45) is 7.76. The maximum absolute atomic E-state index is 2.34. The Morgan fingerprint density at radius 2 is 2.18 bits per heavy atom. The Morgan fingerprint density at radius 1 is 1.36 bits per heavy atom. The highest BCUT2D eigenvalue weighted by atomic mass is 15.6. The average molecular weight is 152 g/mol. The minimum Gasteiger partial charge on any atom is -0.316 e. The molecule has 2 aliphatic rings. The molecular formula is C9H16N2. The zero-order chi connectivity index (χ0) is 7.84. The molecule has 1 aliphatic heterocycles. The van der Waals surface area contributed by atoms with E-state index in [0.717, 1.165) is 6.04 Å². The fraction of sp³-hybridized carbons (Fsp3) is 0.778. The third-order valence-corrected chi connectivity index (χ3v) is 2.92. The molecule has 1 saturated carbocycles. The first kappa shape index (κ1) is 7.17. The zero-order valence-corrected chi connectivity index (χ0v) is 7.38. The van der Waals surface area contributed by atoms with E-state index in [1.807, 2.05) is 0 Å². The van der Waals surface area contributed by atoms with Crippen molar-refractivity contribution in [3.05, 3.63) is 11.8 Å². The molecule has 2 rings (SSSR count). The van der Waals surface area contributed by atoms with Crippen LogP contribution in [0.5, 0.6) is 0 Å². The zero-order valence-electron chi connectivity index (χ0n) is 7.38. The van der Waals surface area contributed by atoms with E-state index in [9.17, 15) is 0 Å². The molecule has 1 aliphatic carbocycles. The molecule has 0 amide bonds. The summed E-state index contributed by atoms with van der Waals surface area (Å²) in [7, 11) is 4.31. The number of hydrogen-bond donors (Lipinski definition) is 0. The molecule has 1 fully saturated rings. The van der Waals surface area contributed by atoms with Gasteiger partial charge in [-0.2, -0.15) is 0 Å². The van der Waals surface area contributed by atoms with Gasteiger partial charge < -0.3 is 5.01 Å². The lowest BCUT2D eigenvalue weighted by Crippen LogP contribution is -2.36. The molecule has 0 aromatic carbocycles. The highest BCUT2D eigenvalue weighted by Crippen LogP contribution is 2.32. The third-order valence-electron chi connectivity index (χ3n) is 2.92. The Kier molecular flexibility index (Phi) is 1.64. The number of hydrogen-bond acceptors (Lipinski definition) is 2. The second kappa shape index (κ2) is 2.52. The minimum absolute atomic E-state index is 0.730. The van der Waals surface area contributed by atoms with Gasteiger partial charge in [0.2, 0.25) is 0 Å². The summed E-state index contributed by atoms with van der Waals surface area (Å²) in [4.78, 5) is 0. The van der Waals surface area contributed by atoms with Crippen molar-refractivity contribution in [2.24, 2.45) is 0 Å². The second-order valence-corrected chi connectivity index (χ2v) is 3.61. The van der Waals surface area contributed by atoms with E-state index in [0.29, 0.717) is 0 Å². The summed E-state index contributed by atoms with van der Waals surface area (Å²) < 4.78 is 0. The first-order valence-corrected chi connectivity index (χ1v) is 4.45. The maximum atomic E-state index is 2.34. The van der Waals surface area contributed by atoms with Gasteiger partial charge in [0.1, 0.15) is 0 Å². The van der Waals surface area contributed by atoms with Gasteiger partial charge in [0, 0.05) is 20.3 Å². The molecule has 1 heterocycles. The fourth-order valence-corrected chi connectivity index (χ4v) is 2.15. The van der Waals surface area contributed by atoms with Crippen LogP contribution < -0.4 is 0 Å². The van der Waals surface area contributed by atoms with Crippen molar-refractivity contribution in [1.82, 2.24) is 10.0 Å². The van der Waals surface area contributed by atoms with Crippen LogP contribution >= 0.6 is 0 Å². The van der Waals surface area contributed by atoms with E-state index in [1.165, 1.54) is 25.7 Å². The van der Waals surface area contributed by atoms with Gasteiger partial charge >= 0.3 is 0 Å². The summed E-state index contributed by atoms with van der Waals surface area (Å²) in [5.74, 6) is 0. The number of nitrogens with zero attached hydrogens (tertiary/aromatic N) is 2. The average Bonchev–Trinajstić information content (AvgIpc) is 2.30. The van der Waals surface area contributed by atoms with E-state index in [-0.39, 0.29) is 0 Å². The summed E-state index contributed by atoms with van der Waals surface area (Å²) in [6.45, 7) is 0. The topological polar surface area (TPSA) is 6.48 Å². The molecule has 11 heavy (non-hydrogen) atoms. The van der Waals surface area contributed by atoms with Crippen molar-refractivity contribution < 1.29 is 0 Å². The van der Waals surface area contributed by atoms with E-state index < -0.39 is 0 Å². The van der Waals surface area contributed by atoms with Gasteiger partial charge in [0.25, 0.3) is 0 Å². The minimum atomic E-state index is 0.730. The molecule has 0 saturated heterocycles. The normalized spacial score (nSPS) is 32.0. The van der Waals surface area contributed by atoms with Crippen LogP contribution in [0, 0.1) is 0 Å². The van der Waals surface area contributed by atoms with Gasteiger partial charge in [-0.1, -0.05) is 6.42 Å². The van der Waals surface area contributed by atoms with E-state index >= 15 is 0 Å². The highest BCUT2D eigenvalue weighted by Gasteiger charge is 2.29. The molecule has 0 aromatic heterocycles. The molecule has 2 heteroatoms. The van der Waals surface area contributed by atoms with E-state index in [2.05, 4.69) is 30.3 Å². The summed E-state index contributed by atoms with van der Waals surface area (Å²) >= 11 is 0. The molecule has 0 bridgehead atoms. The first-order valence-electron chi connectivity index (χ1n) is 4.45. The van der Waals surface area contributed by atoms with E-state index in [1.54, 1.807) is 5.57 Å². The molecule has 0 aromatic rings. The summed E-state index contributed by atoms with van der Waals surface area (Å²) in [5.41, 5.74) is 1.64. The van der Waals surface area contributed by atoms with Crippen LogP contribution in [0.15, 0.2) is 11.8 Å². The van der Waals surface area contributed by atoms with Crippen LogP contribution in [0.3, 0.4) is 0 Å². The number of rotatable bonds is 0. The van der Waals surface area contributed by atoms with Crippen molar-refractivity contribution in [3.8, 4) is 0 Å². The Labute approximate surface area is 68.4 Å². The monoisotopic (exact) mass is 152 g/mol. The van der Waals surface area contributed by atoms with Crippen molar-refractivity contribution >= 4 is 0 Å². The predicted octanol–water partition coefficient (Wildman–Crippen LogP) is 1.61. The largest absolute Gasteiger partial charge is 0.316 e. The Hall–Kier alpha value is -0.500. The van der Waals surface area contributed by atoms with Gasteiger partial charge in [-0.05, 0) is 24.8 Å². The van der Waals surface area contributed by atoms with Crippen molar-refractivity contribution in [3.63, 3.8) is 0 Å². The Bertz CT molecular complexity index is 186. The van der Waals surface area contributed by atoms with Gasteiger partial charge in [-0.15, -0.1) is 0 Å². The number of likely N-dealkylation sites (N-methyl/N-ethyl adjacent to an activating group) is 1. The van der Waals surface area contributed by atoms with Crippen molar-refractivity contribution in [1.29, 1.82) is 0 Å². The Morgan fingerprint density at radius 3 is 2.91 bits per heavy atom. The van der Waals surface area contributed by atoms with Crippen LogP contribution in [0.2, 0.25) is 0 Å². The van der Waals surface area contributed by atoms with Crippen molar-refractivity contribution in [2.75, 3.05) is 14.1 Å². The smallest absolute Gasteiger partial charge is 0.0516 e. The number of fused-ring (bicyclic) bond motifs is 1. The quantitative estimate of drug-likeness (QED) is 0.520. The highest BCUT2D eigenvalue weighted by molar-refractivity contribution is 5.16. The molecule has 0 spiro atoms. The van der Waals surface area contributed by atoms with E-state index in [4.69, 9.17) is 0 Å². The standard InChI is InChI=1S/C9H16N2/c1-10-7-8-5-3-4-6-9(8)11(10)2/h7,9H,3-6H2,1-2H3/t9-/m0/s1. The third kappa shape index (κ3) is 1.06. The van der Waals surface area contributed by atoms with Crippen molar-refractivity contribution in [2.45, 2.75) is 31.7 Å². The predicted molar refractivity (Wildman–Crippen MR) is 45.9 cm³/mol. The van der Waals surface area contributed by atoms with Crippen LogP contribution in [0.4, 0.5) is 0 Å². The second-order valence-electron chi connectivity index (χ2n) is 3.61. The first-order chi connectivity index (χ1) is 5.29. The maximum Gasteiger partial charge on any atom is 0.0516 e. The molecule has 2 nitrogen and oxygen atoms in total. The fourth-order valence-electron chi connectivity index (χ4n) is 2.15. The van der Waals surface area contributed by atoms with Crippen LogP contribution in [-0.2, 0) is 0 Å². The molecule has 1 atom stereocenters.